The van der Waals surface area contributed by atoms with Crippen LogP contribution >= 0.6 is 22.9 Å². The molecule has 4 rings (SSSR count). The molecule has 25 heavy (non-hydrogen) atoms. The summed E-state index contributed by atoms with van der Waals surface area (Å²) < 4.78 is 12.2. The Kier molecular flexibility index (Phi) is 5.89. The molecule has 1 aliphatic rings. The van der Waals surface area contributed by atoms with Crippen LogP contribution in [0.5, 0.6) is 0 Å². The van der Waals surface area contributed by atoms with Crippen molar-refractivity contribution in [1.82, 2.24) is 4.98 Å². The lowest BCUT2D eigenvalue weighted by Crippen LogP contribution is -2.17. The number of rotatable bonds is 2. The first-order valence-electron chi connectivity index (χ1n) is 8.07. The smallest absolute Gasteiger partial charge is 0.124 e. The van der Waals surface area contributed by atoms with Crippen LogP contribution in [-0.4, -0.2) is 18.1 Å². The number of benzene rings is 2. The molecule has 2 N–H and O–H groups in total. The van der Waals surface area contributed by atoms with E-state index in [1.165, 1.54) is 55.4 Å². The van der Waals surface area contributed by atoms with Crippen LogP contribution < -0.4 is 10.6 Å². The predicted molar refractivity (Wildman–Crippen MR) is 105 cm³/mol. The molecule has 1 aliphatic heterocycles. The van der Waals surface area contributed by atoms with Crippen molar-refractivity contribution in [3.63, 3.8) is 0 Å². The lowest BCUT2D eigenvalue weighted by atomic mass is 10.1. The quantitative estimate of drug-likeness (QED) is 0.604. The highest BCUT2D eigenvalue weighted by atomic mass is 35.5. The third-order valence-corrected chi connectivity index (χ3v) is 4.94. The lowest BCUT2D eigenvalue weighted by molar-refractivity contribution is 0.628. The summed E-state index contributed by atoms with van der Waals surface area (Å²) in [6.07, 6.45) is 2.65. The Morgan fingerprint density at radius 1 is 1.08 bits per heavy atom. The highest BCUT2D eigenvalue weighted by Gasteiger charge is 2.12. The fraction of sp³-hybridized carbons (Fsp3) is 0.211. The van der Waals surface area contributed by atoms with Gasteiger partial charge in [0.1, 0.15) is 5.82 Å². The molecule has 0 amide bonds. The number of hydrogen-bond donors (Lipinski definition) is 1. The topological polar surface area (TPSA) is 42.1 Å². The molecule has 0 radical (unpaired) electrons. The number of nitrogens with two attached hydrogens (primary N) is 1. The normalized spacial score (nSPS) is 13.4. The highest BCUT2D eigenvalue weighted by Crippen LogP contribution is 2.25. The van der Waals surface area contributed by atoms with E-state index in [2.05, 4.69) is 39.5 Å². The first kappa shape index (κ1) is 17.7. The van der Waals surface area contributed by atoms with Gasteiger partial charge in [-0.15, -0.1) is 11.3 Å². The molecule has 1 fully saturated rings. The zero-order valence-corrected chi connectivity index (χ0v) is 15.2. The molecule has 0 spiro atoms. The van der Waals surface area contributed by atoms with Crippen molar-refractivity contribution in [1.29, 1.82) is 0 Å². The first-order chi connectivity index (χ1) is 12.1. The molecule has 0 unspecified atom stereocenters. The average Bonchev–Trinajstić information content (AvgIpc) is 3.32. The van der Waals surface area contributed by atoms with Crippen LogP contribution in [0, 0.1) is 5.82 Å². The van der Waals surface area contributed by atoms with Gasteiger partial charge in [0, 0.05) is 29.7 Å². The number of halogens is 2. The number of aromatic nitrogens is 1. The molecular weight excluding hydrogens is 357 g/mol. The molecule has 0 saturated carbocycles. The number of hydrogen-bond acceptors (Lipinski definition) is 4. The van der Waals surface area contributed by atoms with E-state index in [-0.39, 0.29) is 10.8 Å². The molecule has 2 aromatic carbocycles. The first-order valence-corrected chi connectivity index (χ1v) is 9.39. The molecule has 1 aromatic heterocycles. The van der Waals surface area contributed by atoms with Crippen molar-refractivity contribution in [2.24, 2.45) is 0 Å². The summed E-state index contributed by atoms with van der Waals surface area (Å²) in [6.45, 7) is 2.41. The number of thiazole rings is 1. The van der Waals surface area contributed by atoms with Crippen LogP contribution in [0.2, 0.25) is 5.02 Å². The van der Waals surface area contributed by atoms with Gasteiger partial charge in [-0.25, -0.2) is 9.37 Å². The van der Waals surface area contributed by atoms with Crippen LogP contribution in [0.15, 0.2) is 53.4 Å². The molecule has 2 heterocycles. The molecule has 3 nitrogen and oxygen atoms in total. The Morgan fingerprint density at radius 2 is 1.80 bits per heavy atom. The van der Waals surface area contributed by atoms with Crippen LogP contribution in [0.1, 0.15) is 12.8 Å². The van der Waals surface area contributed by atoms with Gasteiger partial charge in [-0.1, -0.05) is 23.7 Å². The van der Waals surface area contributed by atoms with Crippen molar-refractivity contribution in [2.75, 3.05) is 23.7 Å². The van der Waals surface area contributed by atoms with Crippen LogP contribution in [0.3, 0.4) is 0 Å². The number of nitrogens with zero attached hydrogens (tertiary/aromatic N) is 2. The van der Waals surface area contributed by atoms with E-state index in [1.807, 2.05) is 5.51 Å². The van der Waals surface area contributed by atoms with Gasteiger partial charge in [0.15, 0.2) is 0 Å². The maximum atomic E-state index is 12.2. The second-order valence-corrected chi connectivity index (χ2v) is 6.91. The van der Waals surface area contributed by atoms with E-state index >= 15 is 0 Å². The van der Waals surface area contributed by atoms with Gasteiger partial charge in [-0.3, -0.25) is 0 Å². The van der Waals surface area contributed by atoms with E-state index in [0.717, 1.165) is 5.69 Å². The van der Waals surface area contributed by atoms with E-state index in [9.17, 15) is 4.39 Å². The maximum absolute atomic E-state index is 12.2. The third kappa shape index (κ3) is 4.71. The van der Waals surface area contributed by atoms with E-state index < -0.39 is 0 Å². The van der Waals surface area contributed by atoms with Crippen molar-refractivity contribution in [3.8, 4) is 11.3 Å². The van der Waals surface area contributed by atoms with Crippen molar-refractivity contribution >= 4 is 34.3 Å². The summed E-state index contributed by atoms with van der Waals surface area (Å²) in [4.78, 5) is 6.77. The Balaban J connectivity index is 0.000000173. The van der Waals surface area contributed by atoms with Crippen LogP contribution in [0.4, 0.5) is 15.8 Å². The fourth-order valence-electron chi connectivity index (χ4n) is 2.67. The highest BCUT2D eigenvalue weighted by molar-refractivity contribution is 7.07. The van der Waals surface area contributed by atoms with E-state index in [4.69, 9.17) is 17.3 Å². The standard InChI is InChI=1S/C13H14N2S.C6H5ClFN/c1-2-8-15(7-1)12-5-3-11(4-6-12)13-9-16-10-14-13;7-5-3-4(8)1-2-6(5)9/h3-6,9-10H,1-2,7-8H2;1-3H,9H2. The monoisotopic (exact) mass is 375 g/mol. The minimum Gasteiger partial charge on any atom is -0.398 e. The Hall–Kier alpha value is -2.11. The average molecular weight is 376 g/mol. The molecular formula is C19H19ClFN3S. The van der Waals surface area contributed by atoms with Crippen molar-refractivity contribution < 1.29 is 4.39 Å². The van der Waals surface area contributed by atoms with Gasteiger partial charge in [0.2, 0.25) is 0 Å². The summed E-state index contributed by atoms with van der Waals surface area (Å²) >= 11 is 7.09. The minimum absolute atomic E-state index is 0.259. The van der Waals surface area contributed by atoms with Gasteiger partial charge in [0.05, 0.1) is 21.9 Å². The summed E-state index contributed by atoms with van der Waals surface area (Å²) in [5, 5.41) is 2.35. The third-order valence-electron chi connectivity index (χ3n) is 4.03. The van der Waals surface area contributed by atoms with Gasteiger partial charge >= 0.3 is 0 Å². The second kappa shape index (κ2) is 8.32. The Morgan fingerprint density at radius 3 is 2.36 bits per heavy atom. The largest absolute Gasteiger partial charge is 0.398 e. The summed E-state index contributed by atoms with van der Waals surface area (Å²) in [7, 11) is 0. The van der Waals surface area contributed by atoms with E-state index in [0.29, 0.717) is 5.69 Å². The van der Waals surface area contributed by atoms with Crippen LogP contribution in [-0.2, 0) is 0 Å². The van der Waals surface area contributed by atoms with Gasteiger partial charge in [0.25, 0.3) is 0 Å². The zero-order chi connectivity index (χ0) is 17.6. The molecule has 3 aromatic rings. The van der Waals surface area contributed by atoms with Gasteiger partial charge in [-0.2, -0.15) is 0 Å². The van der Waals surface area contributed by atoms with Gasteiger partial charge < -0.3 is 10.6 Å². The molecule has 0 aliphatic carbocycles. The van der Waals surface area contributed by atoms with E-state index in [1.54, 1.807) is 11.3 Å². The molecule has 0 bridgehead atoms. The van der Waals surface area contributed by atoms with Crippen LogP contribution in [0.25, 0.3) is 11.3 Å². The molecule has 1 saturated heterocycles. The SMILES string of the molecule is Nc1ccc(F)cc1Cl.c1nc(-c2ccc(N3CCCC3)cc2)cs1. The lowest BCUT2D eigenvalue weighted by Gasteiger charge is -2.17. The molecule has 6 heteroatoms. The predicted octanol–water partition coefficient (Wildman–Crippen LogP) is 5.47. The zero-order valence-electron chi connectivity index (χ0n) is 13.7. The fourth-order valence-corrected chi connectivity index (χ4v) is 3.40. The maximum Gasteiger partial charge on any atom is 0.124 e. The Bertz CT molecular complexity index is 800. The van der Waals surface area contributed by atoms with Crippen molar-refractivity contribution in [2.45, 2.75) is 12.8 Å². The molecule has 130 valence electrons. The summed E-state index contributed by atoms with van der Waals surface area (Å²) in [6, 6.07) is 12.6. The molecule has 0 atom stereocenters. The number of anilines is 2. The second-order valence-electron chi connectivity index (χ2n) is 5.78. The summed E-state index contributed by atoms with van der Waals surface area (Å²) in [5.74, 6) is -0.366. The van der Waals surface area contributed by atoms with Crippen molar-refractivity contribution in [3.05, 3.63) is 64.2 Å². The summed E-state index contributed by atoms with van der Waals surface area (Å²) in [5.41, 5.74) is 11.2. The minimum atomic E-state index is -0.366. The Labute approximate surface area is 155 Å². The number of nitrogen functional groups attached to an aromatic ring is 1. The van der Waals surface area contributed by atoms with Gasteiger partial charge in [-0.05, 0) is 43.2 Å².